The summed E-state index contributed by atoms with van der Waals surface area (Å²) < 4.78 is 5.43. The van der Waals surface area contributed by atoms with Crippen molar-refractivity contribution >= 4 is 52.5 Å². The fourth-order valence-corrected chi connectivity index (χ4v) is 5.30. The lowest BCUT2D eigenvalue weighted by Gasteiger charge is -2.30. The van der Waals surface area contributed by atoms with Crippen LogP contribution >= 0.6 is 46.6 Å². The van der Waals surface area contributed by atoms with Gasteiger partial charge in [0.05, 0.1) is 17.5 Å². The maximum absolute atomic E-state index is 12.7. The zero-order valence-corrected chi connectivity index (χ0v) is 21.6. The number of carbonyl (C=O) groups is 1. The third kappa shape index (κ3) is 7.12. The number of thioether (sulfide) groups is 1. The van der Waals surface area contributed by atoms with E-state index in [4.69, 9.17) is 39.3 Å². The van der Waals surface area contributed by atoms with Crippen LogP contribution in [0.1, 0.15) is 24.3 Å². The van der Waals surface area contributed by atoms with E-state index in [1.165, 1.54) is 5.56 Å². The van der Waals surface area contributed by atoms with Gasteiger partial charge in [-0.25, -0.2) is 0 Å². The normalized spacial score (nSPS) is 16.5. The fourth-order valence-electron chi connectivity index (χ4n) is 3.87. The van der Waals surface area contributed by atoms with Crippen LogP contribution in [0.15, 0.2) is 47.0 Å². The summed E-state index contributed by atoms with van der Waals surface area (Å²) in [5.41, 5.74) is 1.90. The molecule has 1 aliphatic rings. The lowest BCUT2D eigenvalue weighted by atomic mass is 9.97. The highest BCUT2D eigenvalue weighted by atomic mass is 35.5. The molecule has 1 N–H and O–H groups in total. The van der Waals surface area contributed by atoms with Crippen LogP contribution < -0.4 is 5.32 Å². The molecule has 34 heavy (non-hydrogen) atoms. The van der Waals surface area contributed by atoms with Gasteiger partial charge in [-0.3, -0.25) is 9.69 Å². The quantitative estimate of drug-likeness (QED) is 0.338. The number of nitrogens with one attached hydrogen (secondary N) is 1. The molecule has 6 nitrogen and oxygen atoms in total. The average Bonchev–Trinajstić information content (AvgIpc) is 3.28. The Morgan fingerprint density at radius 1 is 1.15 bits per heavy atom. The van der Waals surface area contributed by atoms with Gasteiger partial charge in [0, 0.05) is 40.2 Å². The van der Waals surface area contributed by atoms with Crippen molar-refractivity contribution in [3.63, 3.8) is 0 Å². The van der Waals surface area contributed by atoms with Gasteiger partial charge in [0.15, 0.2) is 0 Å². The molecule has 180 valence electrons. The minimum Gasteiger partial charge on any atom is -0.355 e. The van der Waals surface area contributed by atoms with Crippen LogP contribution in [-0.4, -0.2) is 46.3 Å². The van der Waals surface area contributed by atoms with E-state index in [1.807, 2.05) is 24.3 Å². The Kier molecular flexibility index (Phi) is 9.14. The van der Waals surface area contributed by atoms with E-state index in [0.717, 1.165) is 35.9 Å². The summed E-state index contributed by atoms with van der Waals surface area (Å²) in [6.45, 7) is 2.71. The average molecular weight is 540 g/mol. The van der Waals surface area contributed by atoms with Gasteiger partial charge in [-0.2, -0.15) is 16.7 Å². The SMILES string of the molecule is O=C(NCCSCc1ccc(Cl)cc1)C1CCCN(Cc2nc(-c3ccc(Cl)cc3Cl)no2)C1. The first-order valence-electron chi connectivity index (χ1n) is 11.1. The lowest BCUT2D eigenvalue weighted by Crippen LogP contribution is -2.43. The Balaban J connectivity index is 1.21. The third-order valence-corrected chi connectivity index (χ3v) is 7.43. The van der Waals surface area contributed by atoms with Crippen LogP contribution in [0.5, 0.6) is 0 Å². The molecule has 4 rings (SSSR count). The van der Waals surface area contributed by atoms with Gasteiger partial charge in [-0.15, -0.1) is 0 Å². The molecule has 0 bridgehead atoms. The van der Waals surface area contributed by atoms with Crippen molar-refractivity contribution in [1.82, 2.24) is 20.4 Å². The van der Waals surface area contributed by atoms with Gasteiger partial charge in [-0.1, -0.05) is 52.1 Å². The minimum atomic E-state index is -0.0388. The first-order chi connectivity index (χ1) is 16.5. The molecule has 10 heteroatoms. The predicted molar refractivity (Wildman–Crippen MR) is 138 cm³/mol. The van der Waals surface area contributed by atoms with Crippen molar-refractivity contribution in [3.05, 3.63) is 69.0 Å². The van der Waals surface area contributed by atoms with E-state index in [1.54, 1.807) is 30.0 Å². The molecule has 1 aliphatic heterocycles. The predicted octanol–water partition coefficient (Wildman–Crippen LogP) is 5.96. The summed E-state index contributed by atoms with van der Waals surface area (Å²) in [7, 11) is 0. The summed E-state index contributed by atoms with van der Waals surface area (Å²) in [4.78, 5) is 19.3. The number of aromatic nitrogens is 2. The number of piperidine rings is 1. The smallest absolute Gasteiger partial charge is 0.241 e. The summed E-state index contributed by atoms with van der Waals surface area (Å²) >= 11 is 19.9. The van der Waals surface area contributed by atoms with E-state index < -0.39 is 0 Å². The Labute approximate surface area is 218 Å². The molecule has 0 spiro atoms. The molecule has 2 heterocycles. The first kappa shape index (κ1) is 25.3. The molecule has 1 saturated heterocycles. The molecule has 1 aromatic heterocycles. The highest BCUT2D eigenvalue weighted by Gasteiger charge is 2.26. The summed E-state index contributed by atoms with van der Waals surface area (Å²) in [6.07, 6.45) is 1.84. The number of halogens is 3. The second-order valence-electron chi connectivity index (χ2n) is 8.18. The van der Waals surface area contributed by atoms with Crippen LogP contribution in [0.3, 0.4) is 0 Å². The molecule has 1 unspecified atom stereocenters. The number of hydrogen-bond donors (Lipinski definition) is 1. The van der Waals surface area contributed by atoms with Crippen molar-refractivity contribution in [1.29, 1.82) is 0 Å². The van der Waals surface area contributed by atoms with E-state index >= 15 is 0 Å². The molecule has 3 aromatic rings. The van der Waals surface area contributed by atoms with Crippen LogP contribution in [-0.2, 0) is 17.1 Å². The minimum absolute atomic E-state index is 0.0388. The Bertz CT molecular complexity index is 1110. The van der Waals surface area contributed by atoms with Crippen LogP contribution in [0.4, 0.5) is 0 Å². The lowest BCUT2D eigenvalue weighted by molar-refractivity contribution is -0.126. The van der Waals surface area contributed by atoms with Crippen molar-refractivity contribution in [2.45, 2.75) is 25.1 Å². The maximum atomic E-state index is 12.7. The standard InChI is InChI=1S/C24H25Cl3N4O2S/c25-18-5-3-16(4-6-18)15-34-11-9-28-24(32)17-2-1-10-31(13-17)14-22-29-23(30-33-22)20-8-7-19(26)12-21(20)27/h3-8,12,17H,1-2,9-11,13-15H2,(H,28,32). The largest absolute Gasteiger partial charge is 0.355 e. The second kappa shape index (κ2) is 12.3. The fraction of sp³-hybridized carbons (Fsp3) is 0.375. The van der Waals surface area contributed by atoms with E-state index in [9.17, 15) is 4.79 Å². The van der Waals surface area contributed by atoms with Crippen LogP contribution in [0, 0.1) is 5.92 Å². The van der Waals surface area contributed by atoms with E-state index in [0.29, 0.717) is 47.0 Å². The summed E-state index contributed by atoms with van der Waals surface area (Å²) in [5, 5.41) is 8.90. The molecule has 0 aliphatic carbocycles. The molecule has 0 saturated carbocycles. The second-order valence-corrected chi connectivity index (χ2v) is 10.6. The van der Waals surface area contributed by atoms with E-state index in [-0.39, 0.29) is 11.8 Å². The maximum Gasteiger partial charge on any atom is 0.241 e. The van der Waals surface area contributed by atoms with Crippen LogP contribution in [0.2, 0.25) is 15.1 Å². The number of rotatable bonds is 9. The number of nitrogens with zero attached hydrogens (tertiary/aromatic N) is 3. The first-order valence-corrected chi connectivity index (χ1v) is 13.4. The Hall–Kier alpha value is -1.77. The van der Waals surface area contributed by atoms with Gasteiger partial charge in [-0.05, 0) is 55.3 Å². The Morgan fingerprint density at radius 3 is 2.74 bits per heavy atom. The van der Waals surface area contributed by atoms with E-state index in [2.05, 4.69) is 20.4 Å². The van der Waals surface area contributed by atoms with Crippen molar-refractivity contribution < 1.29 is 9.32 Å². The number of carbonyl (C=O) groups excluding carboxylic acids is 1. The molecule has 2 aromatic carbocycles. The monoisotopic (exact) mass is 538 g/mol. The third-order valence-electron chi connectivity index (χ3n) is 5.60. The van der Waals surface area contributed by atoms with Gasteiger partial charge >= 0.3 is 0 Å². The molecule has 1 atom stereocenters. The van der Waals surface area contributed by atoms with Gasteiger partial charge < -0.3 is 9.84 Å². The number of hydrogen-bond acceptors (Lipinski definition) is 6. The molecular formula is C24H25Cl3N4O2S. The summed E-state index contributed by atoms with van der Waals surface area (Å²) in [6, 6.07) is 13.0. The van der Waals surface area contributed by atoms with Gasteiger partial charge in [0.25, 0.3) is 0 Å². The Morgan fingerprint density at radius 2 is 1.94 bits per heavy atom. The van der Waals surface area contributed by atoms with Crippen molar-refractivity contribution in [2.75, 3.05) is 25.4 Å². The summed E-state index contributed by atoms with van der Waals surface area (Å²) in [5.74, 6) is 2.76. The molecule has 1 fully saturated rings. The zero-order chi connectivity index (χ0) is 23.9. The van der Waals surface area contributed by atoms with Crippen LogP contribution in [0.25, 0.3) is 11.4 Å². The molecule has 1 amide bonds. The van der Waals surface area contributed by atoms with Gasteiger partial charge in [0.1, 0.15) is 0 Å². The van der Waals surface area contributed by atoms with Gasteiger partial charge in [0.2, 0.25) is 17.6 Å². The number of likely N-dealkylation sites (tertiary alicyclic amines) is 1. The number of benzene rings is 2. The zero-order valence-electron chi connectivity index (χ0n) is 18.5. The number of amides is 1. The van der Waals surface area contributed by atoms with Crippen molar-refractivity contribution in [2.24, 2.45) is 5.92 Å². The van der Waals surface area contributed by atoms with Crippen molar-refractivity contribution in [3.8, 4) is 11.4 Å². The highest BCUT2D eigenvalue weighted by Crippen LogP contribution is 2.29. The molecule has 0 radical (unpaired) electrons. The molecular weight excluding hydrogens is 515 g/mol. The topological polar surface area (TPSA) is 71.3 Å². The highest BCUT2D eigenvalue weighted by molar-refractivity contribution is 7.98.